The van der Waals surface area contributed by atoms with E-state index in [2.05, 4.69) is 5.10 Å². The van der Waals surface area contributed by atoms with Gasteiger partial charge in [0.25, 0.3) is 0 Å². The molecule has 0 radical (unpaired) electrons. The maximum absolute atomic E-state index is 14.1. The molecule has 28 heavy (non-hydrogen) atoms. The molecular formula is C21H19FN2O4. The van der Waals surface area contributed by atoms with Gasteiger partial charge >= 0.3 is 5.97 Å². The summed E-state index contributed by atoms with van der Waals surface area (Å²) in [6, 6.07) is 13.6. The Morgan fingerprint density at radius 1 is 1.11 bits per heavy atom. The smallest absolute Gasteiger partial charge is 0.368 e. The quantitative estimate of drug-likeness (QED) is 0.480. The molecule has 0 saturated carbocycles. The van der Waals surface area contributed by atoms with Crippen LogP contribution in [-0.2, 0) is 0 Å². The van der Waals surface area contributed by atoms with E-state index in [9.17, 15) is 14.0 Å². The van der Waals surface area contributed by atoms with E-state index in [-0.39, 0.29) is 11.4 Å². The van der Waals surface area contributed by atoms with Gasteiger partial charge in [-0.1, -0.05) is 19.1 Å². The molecule has 0 aliphatic rings. The van der Waals surface area contributed by atoms with Crippen LogP contribution in [0.4, 0.5) is 4.39 Å². The zero-order valence-corrected chi connectivity index (χ0v) is 15.5. The number of aromatic nitrogens is 2. The molecule has 0 aliphatic carbocycles. The lowest BCUT2D eigenvalue weighted by molar-refractivity contribution is 0.0724. The number of benzene rings is 2. The molecule has 0 atom stereocenters. The van der Waals surface area contributed by atoms with Crippen molar-refractivity contribution in [1.29, 1.82) is 0 Å². The molecule has 6 nitrogen and oxygen atoms in total. The van der Waals surface area contributed by atoms with Gasteiger partial charge < -0.3 is 9.47 Å². The van der Waals surface area contributed by atoms with Crippen molar-refractivity contribution in [2.24, 2.45) is 0 Å². The molecule has 0 bridgehead atoms. The summed E-state index contributed by atoms with van der Waals surface area (Å²) in [4.78, 5) is 24.7. The average Bonchev–Trinajstić information content (AvgIpc) is 2.68. The molecule has 3 aromatic rings. The van der Waals surface area contributed by atoms with Gasteiger partial charge in [0, 0.05) is 11.8 Å². The third-order valence-electron chi connectivity index (χ3n) is 3.89. The second-order valence-electron chi connectivity index (χ2n) is 6.07. The maximum atomic E-state index is 14.1. The second kappa shape index (κ2) is 8.47. The SMILES string of the molecule is CCCOc1ccc(OC(=O)c2nn(-c3ccccc3F)c(C)cc2=O)cc1. The molecule has 1 heterocycles. The summed E-state index contributed by atoms with van der Waals surface area (Å²) in [5.74, 6) is -0.550. The van der Waals surface area contributed by atoms with Crippen molar-refractivity contribution in [2.45, 2.75) is 20.3 Å². The number of carbonyl (C=O) groups excluding carboxylic acids is 1. The van der Waals surface area contributed by atoms with Crippen molar-refractivity contribution in [3.8, 4) is 17.2 Å². The zero-order chi connectivity index (χ0) is 20.1. The van der Waals surface area contributed by atoms with Gasteiger partial charge in [-0.25, -0.2) is 13.9 Å². The van der Waals surface area contributed by atoms with E-state index in [4.69, 9.17) is 9.47 Å². The molecule has 0 spiro atoms. The summed E-state index contributed by atoms with van der Waals surface area (Å²) in [6.07, 6.45) is 0.879. The molecule has 0 fully saturated rings. The first-order chi connectivity index (χ1) is 13.5. The van der Waals surface area contributed by atoms with E-state index in [1.165, 1.54) is 22.9 Å². The average molecular weight is 382 g/mol. The Hall–Kier alpha value is -3.48. The number of halogens is 1. The first kappa shape index (κ1) is 19.3. The third-order valence-corrected chi connectivity index (χ3v) is 3.89. The van der Waals surface area contributed by atoms with E-state index >= 15 is 0 Å². The molecule has 144 valence electrons. The van der Waals surface area contributed by atoms with E-state index < -0.39 is 22.9 Å². The van der Waals surface area contributed by atoms with Gasteiger partial charge in [0.2, 0.25) is 11.1 Å². The standard InChI is InChI=1S/C21H19FN2O4/c1-3-12-27-15-8-10-16(11-9-15)28-21(26)20-19(25)13-14(2)24(23-20)18-7-5-4-6-17(18)22/h4-11,13H,3,12H2,1-2H3. The van der Waals surface area contributed by atoms with Crippen LogP contribution in [0.5, 0.6) is 11.5 Å². The van der Waals surface area contributed by atoms with Crippen LogP contribution in [0, 0.1) is 12.7 Å². The lowest BCUT2D eigenvalue weighted by Crippen LogP contribution is -2.26. The molecule has 3 rings (SSSR count). The summed E-state index contributed by atoms with van der Waals surface area (Å²) in [5.41, 5.74) is -0.506. The highest BCUT2D eigenvalue weighted by molar-refractivity contribution is 5.88. The van der Waals surface area contributed by atoms with Crippen molar-refractivity contribution in [3.63, 3.8) is 0 Å². The minimum Gasteiger partial charge on any atom is -0.494 e. The minimum atomic E-state index is -0.919. The second-order valence-corrected chi connectivity index (χ2v) is 6.07. The summed E-state index contributed by atoms with van der Waals surface area (Å²) >= 11 is 0. The number of carbonyl (C=O) groups is 1. The van der Waals surface area contributed by atoms with Gasteiger partial charge in [-0.2, -0.15) is 5.10 Å². The molecule has 1 aromatic heterocycles. The van der Waals surface area contributed by atoms with Crippen LogP contribution in [0.25, 0.3) is 5.69 Å². The Bertz CT molecular complexity index is 1050. The largest absolute Gasteiger partial charge is 0.494 e. The van der Waals surface area contributed by atoms with Crippen LogP contribution in [0.1, 0.15) is 29.5 Å². The Morgan fingerprint density at radius 3 is 2.46 bits per heavy atom. The number of esters is 1. The predicted octanol–water partition coefficient (Wildman–Crippen LogP) is 3.69. The fourth-order valence-corrected chi connectivity index (χ4v) is 2.54. The molecule has 0 saturated heterocycles. The highest BCUT2D eigenvalue weighted by Gasteiger charge is 2.18. The summed E-state index contributed by atoms with van der Waals surface area (Å²) < 4.78 is 26.0. The fourth-order valence-electron chi connectivity index (χ4n) is 2.54. The van der Waals surface area contributed by atoms with Crippen molar-refractivity contribution < 1.29 is 18.7 Å². The minimum absolute atomic E-state index is 0.131. The molecule has 0 unspecified atom stereocenters. The lowest BCUT2D eigenvalue weighted by Gasteiger charge is -2.12. The number of para-hydroxylation sites is 1. The van der Waals surface area contributed by atoms with Gasteiger partial charge in [-0.3, -0.25) is 4.79 Å². The number of nitrogens with zero attached hydrogens (tertiary/aromatic N) is 2. The molecule has 0 N–H and O–H groups in total. The van der Waals surface area contributed by atoms with E-state index in [0.29, 0.717) is 18.1 Å². The van der Waals surface area contributed by atoms with Crippen LogP contribution in [0.15, 0.2) is 59.4 Å². The summed E-state index contributed by atoms with van der Waals surface area (Å²) in [5, 5.41) is 4.02. The van der Waals surface area contributed by atoms with Gasteiger partial charge in [-0.05, 0) is 49.7 Å². The number of hydrogen-bond donors (Lipinski definition) is 0. The van der Waals surface area contributed by atoms with E-state index in [1.807, 2.05) is 6.92 Å². The van der Waals surface area contributed by atoms with Crippen molar-refractivity contribution in [1.82, 2.24) is 9.78 Å². The van der Waals surface area contributed by atoms with Gasteiger partial charge in [0.05, 0.1) is 6.61 Å². The van der Waals surface area contributed by atoms with E-state index in [1.54, 1.807) is 43.3 Å². The fraction of sp³-hybridized carbons (Fsp3) is 0.190. The van der Waals surface area contributed by atoms with Crippen molar-refractivity contribution in [2.75, 3.05) is 6.61 Å². The molecular weight excluding hydrogens is 363 g/mol. The number of rotatable bonds is 6. The van der Waals surface area contributed by atoms with Crippen LogP contribution in [-0.4, -0.2) is 22.4 Å². The summed E-state index contributed by atoms with van der Waals surface area (Å²) in [7, 11) is 0. The number of aryl methyl sites for hydroxylation is 1. The number of hydrogen-bond acceptors (Lipinski definition) is 5. The van der Waals surface area contributed by atoms with Crippen molar-refractivity contribution >= 4 is 5.97 Å². The Kier molecular flexibility index (Phi) is 5.84. The summed E-state index contributed by atoms with van der Waals surface area (Å²) in [6.45, 7) is 4.19. The highest BCUT2D eigenvalue weighted by atomic mass is 19.1. The zero-order valence-electron chi connectivity index (χ0n) is 15.5. The third kappa shape index (κ3) is 4.25. The maximum Gasteiger partial charge on any atom is 0.368 e. The van der Waals surface area contributed by atoms with Crippen LogP contribution in [0.2, 0.25) is 0 Å². The lowest BCUT2D eigenvalue weighted by atomic mass is 10.2. The van der Waals surface area contributed by atoms with Gasteiger partial charge in [0.1, 0.15) is 23.0 Å². The van der Waals surface area contributed by atoms with Gasteiger partial charge in [-0.15, -0.1) is 0 Å². The topological polar surface area (TPSA) is 70.4 Å². The van der Waals surface area contributed by atoms with Crippen LogP contribution in [0.3, 0.4) is 0 Å². The van der Waals surface area contributed by atoms with Crippen LogP contribution < -0.4 is 14.9 Å². The molecule has 0 aliphatic heterocycles. The van der Waals surface area contributed by atoms with Crippen molar-refractivity contribution in [3.05, 3.63) is 82.0 Å². The Morgan fingerprint density at radius 2 is 1.79 bits per heavy atom. The first-order valence-corrected chi connectivity index (χ1v) is 8.80. The monoisotopic (exact) mass is 382 g/mol. The first-order valence-electron chi connectivity index (χ1n) is 8.80. The normalized spacial score (nSPS) is 10.5. The van der Waals surface area contributed by atoms with Crippen LogP contribution >= 0.6 is 0 Å². The Labute approximate surface area is 161 Å². The molecule has 7 heteroatoms. The highest BCUT2D eigenvalue weighted by Crippen LogP contribution is 2.19. The predicted molar refractivity (Wildman–Crippen MR) is 102 cm³/mol. The Balaban J connectivity index is 1.87. The molecule has 0 amide bonds. The molecule has 2 aromatic carbocycles. The number of ether oxygens (including phenoxy) is 2. The van der Waals surface area contributed by atoms with E-state index in [0.717, 1.165) is 6.42 Å². The van der Waals surface area contributed by atoms with Gasteiger partial charge in [0.15, 0.2) is 0 Å².